The maximum absolute atomic E-state index is 13.8. The fourth-order valence-corrected chi connectivity index (χ4v) is 5.53. The molecule has 2 aromatic rings. The zero-order valence-corrected chi connectivity index (χ0v) is 19.5. The zero-order chi connectivity index (χ0) is 24.2. The van der Waals surface area contributed by atoms with E-state index in [1.807, 2.05) is 30.3 Å². The van der Waals surface area contributed by atoms with E-state index in [0.717, 1.165) is 5.56 Å². The molecule has 8 nitrogen and oxygen atoms in total. The molecule has 1 saturated heterocycles. The molecule has 1 aliphatic rings. The summed E-state index contributed by atoms with van der Waals surface area (Å²) < 4.78 is 41.1. The Bertz CT molecular complexity index is 1100. The lowest BCUT2D eigenvalue weighted by atomic mass is 10.0. The fraction of sp³-hybridized carbons (Fsp3) is 0.333. The van der Waals surface area contributed by atoms with Gasteiger partial charge in [0.05, 0.1) is 15.9 Å². The van der Waals surface area contributed by atoms with Crippen LogP contribution >= 0.6 is 0 Å². The molecule has 0 aromatic heterocycles. The standard InChI is InChI=1S/C24H28N2O6S/c1-5-10-21(23-22(6-2)31-24(3,4)32-23)25(17-18-11-8-7-9-12-18)33(29,30)20-15-13-19(14-16-20)26(27)28/h5-9,11-16,21-23H,1-2,10,17H2,3-4H3/t21-,22+,23-/m0/s1. The molecule has 2 aromatic carbocycles. The number of ether oxygens (including phenoxy) is 2. The summed E-state index contributed by atoms with van der Waals surface area (Å²) in [5, 5.41) is 11.0. The molecule has 0 aliphatic carbocycles. The number of hydrogen-bond acceptors (Lipinski definition) is 6. The summed E-state index contributed by atoms with van der Waals surface area (Å²) in [4.78, 5) is 10.4. The van der Waals surface area contributed by atoms with Crippen molar-refractivity contribution in [3.8, 4) is 0 Å². The van der Waals surface area contributed by atoms with Crippen LogP contribution in [0, 0.1) is 10.1 Å². The predicted molar refractivity (Wildman–Crippen MR) is 125 cm³/mol. The molecule has 9 heteroatoms. The summed E-state index contributed by atoms with van der Waals surface area (Å²) in [5.41, 5.74) is 0.595. The molecule has 1 aliphatic heterocycles. The predicted octanol–water partition coefficient (Wildman–Crippen LogP) is 4.44. The molecule has 0 saturated carbocycles. The van der Waals surface area contributed by atoms with Crippen LogP contribution in [0.2, 0.25) is 0 Å². The van der Waals surface area contributed by atoms with E-state index in [9.17, 15) is 18.5 Å². The smallest absolute Gasteiger partial charge is 0.269 e. The van der Waals surface area contributed by atoms with Gasteiger partial charge in [-0.3, -0.25) is 10.1 Å². The maximum atomic E-state index is 13.8. The minimum atomic E-state index is -4.08. The third-order valence-corrected chi connectivity index (χ3v) is 7.27. The third-order valence-electron chi connectivity index (χ3n) is 5.39. The van der Waals surface area contributed by atoms with Crippen LogP contribution in [-0.2, 0) is 26.0 Å². The minimum Gasteiger partial charge on any atom is -0.343 e. The van der Waals surface area contributed by atoms with Crippen molar-refractivity contribution in [3.63, 3.8) is 0 Å². The van der Waals surface area contributed by atoms with Crippen LogP contribution in [0.25, 0.3) is 0 Å². The van der Waals surface area contributed by atoms with Crippen LogP contribution in [-0.4, -0.2) is 41.7 Å². The van der Waals surface area contributed by atoms with Crippen molar-refractivity contribution in [1.29, 1.82) is 0 Å². The summed E-state index contributed by atoms with van der Waals surface area (Å²) in [5.74, 6) is -0.918. The number of nitro groups is 1. The minimum absolute atomic E-state index is 0.0496. The number of benzene rings is 2. The monoisotopic (exact) mass is 472 g/mol. The second-order valence-electron chi connectivity index (χ2n) is 8.18. The summed E-state index contributed by atoms with van der Waals surface area (Å²) in [6.07, 6.45) is 2.38. The van der Waals surface area contributed by atoms with Gasteiger partial charge in [0.15, 0.2) is 5.79 Å². The molecule has 33 heavy (non-hydrogen) atoms. The molecule has 1 fully saturated rings. The summed E-state index contributed by atoms with van der Waals surface area (Å²) >= 11 is 0. The van der Waals surface area contributed by atoms with Gasteiger partial charge in [-0.25, -0.2) is 8.42 Å². The maximum Gasteiger partial charge on any atom is 0.269 e. The van der Waals surface area contributed by atoms with E-state index in [2.05, 4.69) is 13.2 Å². The number of non-ortho nitro benzene ring substituents is 1. The molecule has 3 rings (SSSR count). The second kappa shape index (κ2) is 9.96. The van der Waals surface area contributed by atoms with Crippen molar-refractivity contribution >= 4 is 15.7 Å². The van der Waals surface area contributed by atoms with Crippen molar-refractivity contribution < 1.29 is 22.8 Å². The van der Waals surface area contributed by atoms with Gasteiger partial charge >= 0.3 is 0 Å². The molecule has 0 radical (unpaired) electrons. The van der Waals surface area contributed by atoms with Gasteiger partial charge in [-0.2, -0.15) is 4.31 Å². The quantitative estimate of drug-likeness (QED) is 0.288. The highest BCUT2D eigenvalue weighted by Crippen LogP contribution is 2.36. The molecule has 0 spiro atoms. The number of nitrogens with zero attached hydrogens (tertiary/aromatic N) is 2. The molecule has 176 valence electrons. The number of sulfonamides is 1. The molecular formula is C24H28N2O6S. The topological polar surface area (TPSA) is 99.0 Å². The Hall–Kier alpha value is -2.85. The highest BCUT2D eigenvalue weighted by molar-refractivity contribution is 7.89. The van der Waals surface area contributed by atoms with Crippen LogP contribution in [0.3, 0.4) is 0 Å². The lowest BCUT2D eigenvalue weighted by Gasteiger charge is -2.35. The first-order chi connectivity index (χ1) is 15.6. The van der Waals surface area contributed by atoms with Gasteiger partial charge in [0, 0.05) is 18.7 Å². The van der Waals surface area contributed by atoms with Gasteiger partial charge in [0.2, 0.25) is 10.0 Å². The Morgan fingerprint density at radius 2 is 1.76 bits per heavy atom. The Labute approximate surface area is 194 Å². The van der Waals surface area contributed by atoms with Gasteiger partial charge < -0.3 is 9.47 Å². The van der Waals surface area contributed by atoms with Gasteiger partial charge in [0.1, 0.15) is 12.2 Å². The average Bonchev–Trinajstić information content (AvgIpc) is 3.11. The van der Waals surface area contributed by atoms with Crippen molar-refractivity contribution in [2.75, 3.05) is 0 Å². The summed E-state index contributed by atoms with van der Waals surface area (Å²) in [6.45, 7) is 11.2. The first-order valence-electron chi connectivity index (χ1n) is 10.5. The van der Waals surface area contributed by atoms with Gasteiger partial charge in [-0.15, -0.1) is 13.2 Å². The Morgan fingerprint density at radius 1 is 1.12 bits per heavy atom. The molecule has 0 bridgehead atoms. The first kappa shape index (κ1) is 24.8. The third kappa shape index (κ3) is 5.56. The Morgan fingerprint density at radius 3 is 2.30 bits per heavy atom. The molecule has 0 unspecified atom stereocenters. The molecular weight excluding hydrogens is 444 g/mol. The second-order valence-corrected chi connectivity index (χ2v) is 10.1. The van der Waals surface area contributed by atoms with Crippen LogP contribution in [0.1, 0.15) is 25.8 Å². The Balaban J connectivity index is 2.09. The Kier molecular flexibility index (Phi) is 7.48. The highest BCUT2D eigenvalue weighted by Gasteiger charge is 2.47. The lowest BCUT2D eigenvalue weighted by Crippen LogP contribution is -2.49. The SMILES string of the molecule is C=CC[C@@H]([C@@H]1OC(C)(C)O[C@@H]1C=C)N(Cc1ccccc1)S(=O)(=O)c1ccc([N+](=O)[O-])cc1. The number of hydrogen-bond donors (Lipinski definition) is 0. The van der Waals surface area contributed by atoms with Crippen molar-refractivity contribution in [1.82, 2.24) is 4.31 Å². The van der Waals surface area contributed by atoms with E-state index >= 15 is 0 Å². The zero-order valence-electron chi connectivity index (χ0n) is 18.7. The molecule has 0 amide bonds. The average molecular weight is 473 g/mol. The van der Waals surface area contributed by atoms with E-state index in [0.29, 0.717) is 6.42 Å². The van der Waals surface area contributed by atoms with Crippen molar-refractivity contribution in [2.45, 2.75) is 55.7 Å². The highest BCUT2D eigenvalue weighted by atomic mass is 32.2. The largest absolute Gasteiger partial charge is 0.343 e. The van der Waals surface area contributed by atoms with E-state index in [1.54, 1.807) is 26.0 Å². The number of nitro benzene ring substituents is 1. The van der Waals surface area contributed by atoms with E-state index in [1.165, 1.54) is 28.6 Å². The van der Waals surface area contributed by atoms with Crippen LogP contribution in [0.4, 0.5) is 5.69 Å². The fourth-order valence-electron chi connectivity index (χ4n) is 3.90. The molecule has 3 atom stereocenters. The van der Waals surface area contributed by atoms with Crippen LogP contribution < -0.4 is 0 Å². The lowest BCUT2D eigenvalue weighted by molar-refractivity contribution is -0.384. The normalized spacial score (nSPS) is 20.9. The van der Waals surface area contributed by atoms with E-state index in [-0.39, 0.29) is 17.1 Å². The van der Waals surface area contributed by atoms with Crippen molar-refractivity contribution in [3.05, 3.63) is 95.6 Å². The first-order valence-corrected chi connectivity index (χ1v) is 11.9. The van der Waals surface area contributed by atoms with Crippen LogP contribution in [0.15, 0.2) is 84.8 Å². The molecule has 0 N–H and O–H groups in total. The summed E-state index contributed by atoms with van der Waals surface area (Å²) in [6, 6.07) is 13.4. The van der Waals surface area contributed by atoms with Crippen molar-refractivity contribution in [2.24, 2.45) is 0 Å². The van der Waals surface area contributed by atoms with E-state index in [4.69, 9.17) is 9.47 Å². The molecule has 1 heterocycles. The number of rotatable bonds is 10. The van der Waals surface area contributed by atoms with Gasteiger partial charge in [-0.05, 0) is 38.0 Å². The van der Waals surface area contributed by atoms with Crippen LogP contribution in [0.5, 0.6) is 0 Å². The van der Waals surface area contributed by atoms with Gasteiger partial charge in [0.25, 0.3) is 5.69 Å². The summed E-state index contributed by atoms with van der Waals surface area (Å²) in [7, 11) is -4.08. The van der Waals surface area contributed by atoms with E-state index < -0.39 is 39.0 Å². The van der Waals surface area contributed by atoms with Gasteiger partial charge in [-0.1, -0.05) is 42.5 Å².